The Kier molecular flexibility index (Phi) is 3.30. The Labute approximate surface area is 116 Å². The van der Waals surface area contributed by atoms with E-state index in [1.165, 1.54) is 0 Å². The van der Waals surface area contributed by atoms with Crippen LogP contribution in [0.5, 0.6) is 0 Å². The van der Waals surface area contributed by atoms with E-state index in [1.54, 1.807) is 6.20 Å². The van der Waals surface area contributed by atoms with Gasteiger partial charge in [0, 0.05) is 19.4 Å². The molecule has 2 aromatic heterocycles. The minimum absolute atomic E-state index is 0.320. The topological polar surface area (TPSA) is 82.8 Å². The molecule has 3 rings (SSSR count). The first-order valence-corrected chi connectivity index (χ1v) is 6.35. The summed E-state index contributed by atoms with van der Waals surface area (Å²) < 4.78 is 7.07. The molecule has 0 fully saturated rings. The molecule has 0 aliphatic rings. The van der Waals surface area contributed by atoms with Crippen LogP contribution in [0, 0.1) is 0 Å². The van der Waals surface area contributed by atoms with Gasteiger partial charge in [0.1, 0.15) is 0 Å². The predicted octanol–water partition coefficient (Wildman–Crippen LogP) is 1.71. The SMILES string of the molecule is Cn1ccnc1-c1noc([C@@H](N)Cc2ccccc2)n1. The molecule has 6 nitrogen and oxygen atoms in total. The Morgan fingerprint density at radius 3 is 2.80 bits per heavy atom. The fourth-order valence-corrected chi connectivity index (χ4v) is 2.01. The van der Waals surface area contributed by atoms with Crippen molar-refractivity contribution in [3.8, 4) is 11.6 Å². The molecule has 0 saturated heterocycles. The molecule has 1 atom stereocenters. The fourth-order valence-electron chi connectivity index (χ4n) is 2.01. The Balaban J connectivity index is 1.78. The van der Waals surface area contributed by atoms with Crippen molar-refractivity contribution in [3.05, 3.63) is 54.2 Å². The molecule has 2 N–H and O–H groups in total. The molecule has 1 aromatic carbocycles. The van der Waals surface area contributed by atoms with Crippen molar-refractivity contribution in [1.29, 1.82) is 0 Å². The highest BCUT2D eigenvalue weighted by atomic mass is 16.5. The third-order valence-corrected chi connectivity index (χ3v) is 3.08. The molecule has 0 aliphatic heterocycles. The standard InChI is InChI=1S/C14H15N5O/c1-19-8-7-16-13(19)12-17-14(20-18-12)11(15)9-10-5-3-2-4-6-10/h2-8,11H,9,15H2,1H3/t11-/m0/s1. The number of aryl methyl sites for hydroxylation is 1. The van der Waals surface area contributed by atoms with Crippen LogP contribution in [-0.4, -0.2) is 19.7 Å². The van der Waals surface area contributed by atoms with E-state index in [-0.39, 0.29) is 6.04 Å². The maximum absolute atomic E-state index is 6.11. The molecule has 2 heterocycles. The third kappa shape index (κ3) is 2.46. The molecule has 0 radical (unpaired) electrons. The minimum Gasteiger partial charge on any atom is -0.337 e. The smallest absolute Gasteiger partial charge is 0.244 e. The summed E-state index contributed by atoms with van der Waals surface area (Å²) in [7, 11) is 1.88. The van der Waals surface area contributed by atoms with Gasteiger partial charge in [0.15, 0.2) is 5.82 Å². The van der Waals surface area contributed by atoms with Crippen LogP contribution >= 0.6 is 0 Å². The lowest BCUT2D eigenvalue weighted by molar-refractivity contribution is 0.354. The number of nitrogens with two attached hydrogens (primary N) is 1. The highest BCUT2D eigenvalue weighted by Crippen LogP contribution is 2.18. The number of rotatable bonds is 4. The normalized spacial score (nSPS) is 12.5. The Morgan fingerprint density at radius 2 is 2.10 bits per heavy atom. The van der Waals surface area contributed by atoms with Crippen molar-refractivity contribution in [2.24, 2.45) is 12.8 Å². The first-order chi connectivity index (χ1) is 9.74. The average molecular weight is 269 g/mol. The number of benzene rings is 1. The van der Waals surface area contributed by atoms with Crippen LogP contribution in [0.25, 0.3) is 11.6 Å². The molecule has 0 spiro atoms. The van der Waals surface area contributed by atoms with Crippen LogP contribution in [0.2, 0.25) is 0 Å². The zero-order valence-electron chi connectivity index (χ0n) is 11.1. The number of imidazole rings is 1. The molecular weight excluding hydrogens is 254 g/mol. The van der Waals surface area contributed by atoms with E-state index in [0.717, 1.165) is 5.56 Å². The highest BCUT2D eigenvalue weighted by molar-refractivity contribution is 5.42. The second kappa shape index (κ2) is 5.26. The second-order valence-electron chi connectivity index (χ2n) is 4.61. The van der Waals surface area contributed by atoms with Crippen molar-refractivity contribution in [2.75, 3.05) is 0 Å². The van der Waals surface area contributed by atoms with E-state index < -0.39 is 0 Å². The Hall–Kier alpha value is -2.47. The summed E-state index contributed by atoms with van der Waals surface area (Å²) in [6, 6.07) is 9.66. The molecule has 0 saturated carbocycles. The van der Waals surface area contributed by atoms with Gasteiger partial charge in [0.05, 0.1) is 6.04 Å². The van der Waals surface area contributed by atoms with E-state index in [4.69, 9.17) is 10.3 Å². The van der Waals surface area contributed by atoms with Crippen molar-refractivity contribution >= 4 is 0 Å². The van der Waals surface area contributed by atoms with Crippen LogP contribution in [0.4, 0.5) is 0 Å². The van der Waals surface area contributed by atoms with Gasteiger partial charge in [-0.3, -0.25) is 0 Å². The van der Waals surface area contributed by atoms with Crippen LogP contribution in [0.15, 0.2) is 47.2 Å². The molecule has 0 bridgehead atoms. The lowest BCUT2D eigenvalue weighted by Crippen LogP contribution is -2.13. The van der Waals surface area contributed by atoms with Crippen molar-refractivity contribution in [3.63, 3.8) is 0 Å². The molecule has 0 amide bonds. The average Bonchev–Trinajstić information content (AvgIpc) is 3.08. The lowest BCUT2D eigenvalue weighted by Gasteiger charge is -2.05. The van der Waals surface area contributed by atoms with E-state index >= 15 is 0 Å². The Morgan fingerprint density at radius 1 is 1.30 bits per heavy atom. The molecule has 20 heavy (non-hydrogen) atoms. The van der Waals surface area contributed by atoms with Gasteiger partial charge in [0.25, 0.3) is 0 Å². The summed E-state index contributed by atoms with van der Waals surface area (Å²) in [6.07, 6.45) is 4.17. The second-order valence-corrected chi connectivity index (χ2v) is 4.61. The summed E-state index contributed by atoms with van der Waals surface area (Å²) in [4.78, 5) is 8.50. The number of nitrogens with zero attached hydrogens (tertiary/aromatic N) is 4. The first kappa shape index (κ1) is 12.6. The van der Waals surface area contributed by atoms with E-state index in [1.807, 2.05) is 48.1 Å². The molecule has 3 aromatic rings. The van der Waals surface area contributed by atoms with Gasteiger partial charge in [-0.1, -0.05) is 35.5 Å². The zero-order chi connectivity index (χ0) is 13.9. The van der Waals surface area contributed by atoms with Crippen LogP contribution in [-0.2, 0) is 13.5 Å². The van der Waals surface area contributed by atoms with Crippen LogP contribution in [0.1, 0.15) is 17.5 Å². The van der Waals surface area contributed by atoms with Crippen LogP contribution in [0.3, 0.4) is 0 Å². The molecule has 102 valence electrons. The van der Waals surface area contributed by atoms with Gasteiger partial charge in [-0.2, -0.15) is 4.98 Å². The third-order valence-electron chi connectivity index (χ3n) is 3.08. The maximum Gasteiger partial charge on any atom is 0.244 e. The van der Waals surface area contributed by atoms with Gasteiger partial charge in [-0.05, 0) is 12.0 Å². The monoisotopic (exact) mass is 269 g/mol. The number of hydrogen-bond donors (Lipinski definition) is 1. The fraction of sp³-hybridized carbons (Fsp3) is 0.214. The largest absolute Gasteiger partial charge is 0.337 e. The van der Waals surface area contributed by atoms with Gasteiger partial charge in [-0.15, -0.1) is 0 Å². The maximum atomic E-state index is 6.11. The quantitative estimate of drug-likeness (QED) is 0.779. The summed E-state index contributed by atoms with van der Waals surface area (Å²) >= 11 is 0. The summed E-state index contributed by atoms with van der Waals surface area (Å²) in [5.74, 6) is 1.54. The predicted molar refractivity (Wildman–Crippen MR) is 73.6 cm³/mol. The van der Waals surface area contributed by atoms with E-state index in [2.05, 4.69) is 15.1 Å². The van der Waals surface area contributed by atoms with Crippen molar-refractivity contribution in [2.45, 2.75) is 12.5 Å². The summed E-state index contributed by atoms with van der Waals surface area (Å²) in [5.41, 5.74) is 7.24. The zero-order valence-corrected chi connectivity index (χ0v) is 11.1. The van der Waals surface area contributed by atoms with Gasteiger partial charge in [-0.25, -0.2) is 4.98 Å². The van der Waals surface area contributed by atoms with Gasteiger partial charge >= 0.3 is 0 Å². The highest BCUT2D eigenvalue weighted by Gasteiger charge is 2.18. The van der Waals surface area contributed by atoms with E-state index in [9.17, 15) is 0 Å². The van der Waals surface area contributed by atoms with Crippen molar-refractivity contribution in [1.82, 2.24) is 19.7 Å². The first-order valence-electron chi connectivity index (χ1n) is 6.35. The molecular formula is C14H15N5O. The van der Waals surface area contributed by atoms with Gasteiger partial charge < -0.3 is 14.8 Å². The van der Waals surface area contributed by atoms with E-state index in [0.29, 0.717) is 24.0 Å². The molecule has 6 heteroatoms. The number of aromatic nitrogens is 4. The Bertz CT molecular complexity index is 688. The summed E-state index contributed by atoms with van der Waals surface area (Å²) in [5, 5.41) is 3.93. The summed E-state index contributed by atoms with van der Waals surface area (Å²) in [6.45, 7) is 0. The van der Waals surface area contributed by atoms with Gasteiger partial charge in [0.2, 0.25) is 11.7 Å². The van der Waals surface area contributed by atoms with Crippen molar-refractivity contribution < 1.29 is 4.52 Å². The molecule has 0 aliphatic carbocycles. The number of hydrogen-bond acceptors (Lipinski definition) is 5. The molecule has 0 unspecified atom stereocenters. The minimum atomic E-state index is -0.320. The lowest BCUT2D eigenvalue weighted by atomic mass is 10.1. The van der Waals surface area contributed by atoms with Crippen LogP contribution < -0.4 is 5.73 Å².